The summed E-state index contributed by atoms with van der Waals surface area (Å²) in [5, 5.41) is 30.9. The fourth-order valence-electron chi connectivity index (χ4n) is 1.66. The SMILES string of the molecule is O=[N+]([O-])c1cc(-c2cccc(O)c2)cc([N+](=O)[O-])c1. The lowest BCUT2D eigenvalue weighted by atomic mass is 10.0. The van der Waals surface area contributed by atoms with Crippen molar-refractivity contribution in [1.82, 2.24) is 0 Å². The first kappa shape index (κ1) is 12.5. The number of non-ortho nitro benzene ring substituents is 2. The van der Waals surface area contributed by atoms with Crippen molar-refractivity contribution >= 4 is 11.4 Å². The fraction of sp³-hybridized carbons (Fsp3) is 0. The van der Waals surface area contributed by atoms with E-state index in [4.69, 9.17) is 0 Å². The number of aromatic hydroxyl groups is 1. The average molecular weight is 260 g/mol. The standard InChI is InChI=1S/C12H8N2O5/c15-12-3-1-2-8(6-12)9-4-10(13(16)17)7-11(5-9)14(18)19/h1-7,15H. The number of nitro benzene ring substituents is 2. The van der Waals surface area contributed by atoms with Crippen LogP contribution in [0.3, 0.4) is 0 Å². The summed E-state index contributed by atoms with van der Waals surface area (Å²) >= 11 is 0. The van der Waals surface area contributed by atoms with Crippen molar-refractivity contribution in [3.63, 3.8) is 0 Å². The molecule has 19 heavy (non-hydrogen) atoms. The van der Waals surface area contributed by atoms with Gasteiger partial charge in [0.05, 0.1) is 15.9 Å². The van der Waals surface area contributed by atoms with E-state index in [0.29, 0.717) is 11.1 Å². The Labute approximate surface area is 107 Å². The van der Waals surface area contributed by atoms with E-state index in [1.54, 1.807) is 12.1 Å². The third-order valence-electron chi connectivity index (χ3n) is 2.50. The lowest BCUT2D eigenvalue weighted by molar-refractivity contribution is -0.394. The van der Waals surface area contributed by atoms with Crippen molar-refractivity contribution in [2.75, 3.05) is 0 Å². The van der Waals surface area contributed by atoms with Crippen LogP contribution < -0.4 is 0 Å². The van der Waals surface area contributed by atoms with Crippen LogP contribution in [0.2, 0.25) is 0 Å². The predicted octanol–water partition coefficient (Wildman–Crippen LogP) is 2.88. The molecule has 0 saturated carbocycles. The van der Waals surface area contributed by atoms with Crippen LogP contribution in [-0.4, -0.2) is 15.0 Å². The van der Waals surface area contributed by atoms with E-state index in [1.165, 1.54) is 24.3 Å². The molecular weight excluding hydrogens is 252 g/mol. The zero-order chi connectivity index (χ0) is 14.0. The van der Waals surface area contributed by atoms with Crippen LogP contribution in [0.4, 0.5) is 11.4 Å². The molecule has 2 rings (SSSR count). The molecule has 7 heteroatoms. The molecule has 0 aliphatic carbocycles. The van der Waals surface area contributed by atoms with Crippen LogP contribution in [0.5, 0.6) is 5.75 Å². The highest BCUT2D eigenvalue weighted by Crippen LogP contribution is 2.30. The number of nitrogens with zero attached hydrogens (tertiary/aromatic N) is 2. The van der Waals surface area contributed by atoms with E-state index in [1.807, 2.05) is 0 Å². The highest BCUT2D eigenvalue weighted by atomic mass is 16.6. The van der Waals surface area contributed by atoms with Crippen molar-refractivity contribution in [2.45, 2.75) is 0 Å². The van der Waals surface area contributed by atoms with Crippen molar-refractivity contribution in [2.24, 2.45) is 0 Å². The van der Waals surface area contributed by atoms with Crippen LogP contribution in [0.1, 0.15) is 0 Å². The van der Waals surface area contributed by atoms with E-state index in [9.17, 15) is 25.3 Å². The Bertz CT molecular complexity index is 637. The first-order valence-corrected chi connectivity index (χ1v) is 5.20. The molecule has 0 atom stereocenters. The van der Waals surface area contributed by atoms with Crippen LogP contribution in [0.15, 0.2) is 42.5 Å². The highest BCUT2D eigenvalue weighted by Gasteiger charge is 2.17. The van der Waals surface area contributed by atoms with Crippen molar-refractivity contribution in [3.8, 4) is 16.9 Å². The second-order valence-corrected chi connectivity index (χ2v) is 3.80. The van der Waals surface area contributed by atoms with E-state index >= 15 is 0 Å². The molecule has 0 aliphatic heterocycles. The van der Waals surface area contributed by atoms with Crippen LogP contribution >= 0.6 is 0 Å². The summed E-state index contributed by atoms with van der Waals surface area (Å²) in [4.78, 5) is 20.1. The molecule has 0 spiro atoms. The number of nitro groups is 2. The minimum Gasteiger partial charge on any atom is -0.508 e. The molecule has 0 saturated heterocycles. The van der Waals surface area contributed by atoms with Crippen molar-refractivity contribution < 1.29 is 15.0 Å². The first-order chi connectivity index (χ1) is 8.97. The molecule has 0 bridgehead atoms. The molecule has 0 aromatic heterocycles. The normalized spacial score (nSPS) is 10.1. The lowest BCUT2D eigenvalue weighted by Gasteiger charge is -2.03. The summed E-state index contributed by atoms with van der Waals surface area (Å²) in [7, 11) is 0. The molecule has 1 N–H and O–H groups in total. The Balaban J connectivity index is 2.62. The third-order valence-corrected chi connectivity index (χ3v) is 2.50. The molecule has 2 aromatic rings. The minimum absolute atomic E-state index is 0.0216. The molecule has 2 aromatic carbocycles. The van der Waals surface area contributed by atoms with Crippen LogP contribution in [0, 0.1) is 20.2 Å². The van der Waals surface area contributed by atoms with E-state index < -0.39 is 9.85 Å². The molecular formula is C12H8N2O5. The Morgan fingerprint density at radius 3 is 1.89 bits per heavy atom. The molecule has 0 amide bonds. The monoisotopic (exact) mass is 260 g/mol. The smallest absolute Gasteiger partial charge is 0.276 e. The third kappa shape index (κ3) is 2.65. The summed E-state index contributed by atoms with van der Waals surface area (Å²) in [5.41, 5.74) is 0.0312. The Morgan fingerprint density at radius 2 is 1.42 bits per heavy atom. The maximum absolute atomic E-state index is 10.8. The highest BCUT2D eigenvalue weighted by molar-refractivity contribution is 5.70. The zero-order valence-corrected chi connectivity index (χ0v) is 9.52. The average Bonchev–Trinajstić information content (AvgIpc) is 2.38. The quantitative estimate of drug-likeness (QED) is 0.674. The second-order valence-electron chi connectivity index (χ2n) is 3.80. The molecule has 0 heterocycles. The fourth-order valence-corrected chi connectivity index (χ4v) is 1.66. The molecule has 0 unspecified atom stereocenters. The van der Waals surface area contributed by atoms with Crippen molar-refractivity contribution in [1.29, 1.82) is 0 Å². The van der Waals surface area contributed by atoms with E-state index in [0.717, 1.165) is 6.07 Å². The van der Waals surface area contributed by atoms with Gasteiger partial charge in [0.15, 0.2) is 0 Å². The number of hydrogen-bond acceptors (Lipinski definition) is 5. The summed E-state index contributed by atoms with van der Waals surface area (Å²) < 4.78 is 0. The van der Waals surface area contributed by atoms with Gasteiger partial charge in [0.2, 0.25) is 0 Å². The molecule has 0 aliphatic rings. The van der Waals surface area contributed by atoms with Gasteiger partial charge in [-0.3, -0.25) is 20.2 Å². The molecule has 7 nitrogen and oxygen atoms in total. The summed E-state index contributed by atoms with van der Waals surface area (Å²) in [6.45, 7) is 0. The van der Waals surface area contributed by atoms with Gasteiger partial charge in [-0.2, -0.15) is 0 Å². The lowest BCUT2D eigenvalue weighted by Crippen LogP contribution is -1.93. The van der Waals surface area contributed by atoms with Gasteiger partial charge in [0, 0.05) is 12.1 Å². The number of benzene rings is 2. The minimum atomic E-state index is -0.695. The number of phenolic OH excluding ortho intramolecular Hbond substituents is 1. The van der Waals surface area contributed by atoms with E-state index in [-0.39, 0.29) is 17.1 Å². The maximum atomic E-state index is 10.8. The molecule has 0 fully saturated rings. The van der Waals surface area contributed by atoms with Crippen molar-refractivity contribution in [3.05, 3.63) is 62.7 Å². The summed E-state index contributed by atoms with van der Waals surface area (Å²) in [5.74, 6) is -0.0216. The first-order valence-electron chi connectivity index (χ1n) is 5.20. The number of rotatable bonds is 3. The maximum Gasteiger partial charge on any atom is 0.276 e. The second kappa shape index (κ2) is 4.73. The van der Waals surface area contributed by atoms with Gasteiger partial charge in [0.1, 0.15) is 5.75 Å². The van der Waals surface area contributed by atoms with Crippen LogP contribution in [-0.2, 0) is 0 Å². The van der Waals surface area contributed by atoms with E-state index in [2.05, 4.69) is 0 Å². The van der Waals surface area contributed by atoms with Crippen LogP contribution in [0.25, 0.3) is 11.1 Å². The van der Waals surface area contributed by atoms with Gasteiger partial charge in [-0.25, -0.2) is 0 Å². The molecule has 96 valence electrons. The largest absolute Gasteiger partial charge is 0.508 e. The Morgan fingerprint density at radius 1 is 0.842 bits per heavy atom. The Hall–Kier alpha value is -2.96. The van der Waals surface area contributed by atoms with Gasteiger partial charge in [-0.15, -0.1) is 0 Å². The van der Waals surface area contributed by atoms with Gasteiger partial charge in [-0.05, 0) is 23.3 Å². The Kier molecular flexibility index (Phi) is 3.11. The summed E-state index contributed by atoms with van der Waals surface area (Å²) in [6.07, 6.45) is 0. The number of hydrogen-bond donors (Lipinski definition) is 1. The van der Waals surface area contributed by atoms with Gasteiger partial charge in [0.25, 0.3) is 11.4 Å². The summed E-state index contributed by atoms with van der Waals surface area (Å²) in [6, 6.07) is 9.31. The van der Waals surface area contributed by atoms with Gasteiger partial charge < -0.3 is 5.11 Å². The molecule has 0 radical (unpaired) electrons. The van der Waals surface area contributed by atoms with Gasteiger partial charge >= 0.3 is 0 Å². The van der Waals surface area contributed by atoms with Gasteiger partial charge in [-0.1, -0.05) is 12.1 Å². The predicted molar refractivity (Wildman–Crippen MR) is 66.9 cm³/mol. The number of phenols is 1. The zero-order valence-electron chi connectivity index (χ0n) is 9.52. The topological polar surface area (TPSA) is 107 Å².